The number of hydrogen-bond acceptors (Lipinski definition) is 2. The Morgan fingerprint density at radius 3 is 1.86 bits per heavy atom. The molecule has 1 heterocycles. The van der Waals surface area contributed by atoms with Crippen LogP contribution in [0, 0.1) is 5.82 Å². The van der Waals surface area contributed by atoms with Crippen LogP contribution in [0.2, 0.25) is 0 Å². The second kappa shape index (κ2) is 12.2. The van der Waals surface area contributed by atoms with Crippen LogP contribution in [0.15, 0.2) is 182 Å². The van der Waals surface area contributed by atoms with E-state index in [0.717, 1.165) is 39.3 Å². The number of hydrogen-bond donors (Lipinski definition) is 0. The molecule has 0 spiro atoms. The number of anilines is 3. The second-order valence-corrected chi connectivity index (χ2v) is 13.3. The highest BCUT2D eigenvalue weighted by molar-refractivity contribution is 7.26. The van der Waals surface area contributed by atoms with Gasteiger partial charge in [-0.05, 0) is 92.7 Å². The predicted molar refractivity (Wildman–Crippen MR) is 208 cm³/mol. The molecule has 0 bridgehead atoms. The fraction of sp³-hybridized carbons (Fsp3) is 0. The van der Waals surface area contributed by atoms with Gasteiger partial charge < -0.3 is 4.90 Å². The van der Waals surface area contributed by atoms with Crippen molar-refractivity contribution in [2.45, 2.75) is 0 Å². The van der Waals surface area contributed by atoms with Crippen molar-refractivity contribution in [1.29, 1.82) is 0 Å². The first-order chi connectivity index (χ1) is 24.2. The van der Waals surface area contributed by atoms with Gasteiger partial charge in [-0.25, -0.2) is 4.39 Å². The normalized spacial score (nSPS) is 11.4. The number of benzene rings is 8. The summed E-state index contributed by atoms with van der Waals surface area (Å²) in [6.45, 7) is 0. The molecule has 3 heteroatoms. The average Bonchev–Trinajstić information content (AvgIpc) is 3.55. The molecule has 0 fully saturated rings. The van der Waals surface area contributed by atoms with E-state index in [-0.39, 0.29) is 5.82 Å². The van der Waals surface area contributed by atoms with Gasteiger partial charge in [-0.1, -0.05) is 133 Å². The van der Waals surface area contributed by atoms with Crippen molar-refractivity contribution in [3.05, 3.63) is 188 Å². The molecule has 0 atom stereocenters. The summed E-state index contributed by atoms with van der Waals surface area (Å²) in [5.74, 6) is -0.240. The fourth-order valence-electron chi connectivity index (χ4n) is 7.01. The van der Waals surface area contributed by atoms with Gasteiger partial charge in [0, 0.05) is 26.8 Å². The van der Waals surface area contributed by atoms with Gasteiger partial charge in [0.15, 0.2) is 0 Å². The summed E-state index contributed by atoms with van der Waals surface area (Å²) >= 11 is 1.83. The molecule has 9 rings (SSSR count). The molecule has 9 aromatic rings. The van der Waals surface area contributed by atoms with Crippen molar-refractivity contribution < 1.29 is 4.39 Å². The Morgan fingerprint density at radius 2 is 1.02 bits per heavy atom. The van der Waals surface area contributed by atoms with Crippen molar-refractivity contribution >= 4 is 59.3 Å². The van der Waals surface area contributed by atoms with Crippen LogP contribution in [-0.4, -0.2) is 0 Å². The van der Waals surface area contributed by atoms with Crippen LogP contribution in [0.3, 0.4) is 0 Å². The lowest BCUT2D eigenvalue weighted by Crippen LogP contribution is -2.10. The van der Waals surface area contributed by atoms with Crippen LogP contribution >= 0.6 is 11.3 Å². The number of halogens is 1. The standard InChI is InChI=1S/C46H30FNS/c47-35-24-20-33(21-25-35)40-29-28-37(30-43(40)32-10-2-1-3-11-32)48(44-18-9-17-42-41-15-6-7-19-45(41)49-46(42)44)36-26-22-34(23-27-36)39-16-8-13-31-12-4-5-14-38(31)39/h1-30H. The highest BCUT2D eigenvalue weighted by Gasteiger charge is 2.20. The zero-order chi connectivity index (χ0) is 32.7. The summed E-state index contributed by atoms with van der Waals surface area (Å²) in [4.78, 5) is 2.38. The summed E-state index contributed by atoms with van der Waals surface area (Å²) < 4.78 is 16.5. The molecule has 0 saturated carbocycles. The Labute approximate surface area is 288 Å². The van der Waals surface area contributed by atoms with Gasteiger partial charge in [0.1, 0.15) is 5.82 Å². The van der Waals surface area contributed by atoms with E-state index < -0.39 is 0 Å². The lowest BCUT2D eigenvalue weighted by Gasteiger charge is -2.27. The predicted octanol–water partition coefficient (Wildman–Crippen LogP) is 13.8. The van der Waals surface area contributed by atoms with E-state index in [1.807, 2.05) is 29.5 Å². The third-order valence-corrected chi connectivity index (χ3v) is 10.6. The Balaban J connectivity index is 1.26. The molecule has 0 amide bonds. The van der Waals surface area contributed by atoms with E-state index in [1.54, 1.807) is 0 Å². The van der Waals surface area contributed by atoms with Crippen molar-refractivity contribution in [2.24, 2.45) is 0 Å². The van der Waals surface area contributed by atoms with Gasteiger partial charge >= 0.3 is 0 Å². The maximum Gasteiger partial charge on any atom is 0.123 e. The largest absolute Gasteiger partial charge is 0.309 e. The van der Waals surface area contributed by atoms with Crippen LogP contribution in [-0.2, 0) is 0 Å². The quantitative estimate of drug-likeness (QED) is 0.174. The van der Waals surface area contributed by atoms with Gasteiger partial charge in [0.2, 0.25) is 0 Å². The monoisotopic (exact) mass is 647 g/mol. The average molecular weight is 648 g/mol. The summed E-state index contributed by atoms with van der Waals surface area (Å²) in [5, 5.41) is 5.00. The van der Waals surface area contributed by atoms with E-state index in [4.69, 9.17) is 0 Å². The summed E-state index contributed by atoms with van der Waals surface area (Å²) in [6, 6.07) is 63.2. The molecule has 1 nitrogen and oxygen atoms in total. The van der Waals surface area contributed by atoms with Gasteiger partial charge in [-0.15, -0.1) is 11.3 Å². The minimum absolute atomic E-state index is 0.240. The van der Waals surface area contributed by atoms with Gasteiger partial charge in [-0.2, -0.15) is 0 Å². The number of fused-ring (bicyclic) bond motifs is 4. The zero-order valence-electron chi connectivity index (χ0n) is 26.6. The van der Waals surface area contributed by atoms with Gasteiger partial charge in [-0.3, -0.25) is 0 Å². The van der Waals surface area contributed by atoms with E-state index in [0.29, 0.717) is 0 Å². The molecule has 232 valence electrons. The molecule has 49 heavy (non-hydrogen) atoms. The van der Waals surface area contributed by atoms with Crippen LogP contribution in [0.1, 0.15) is 0 Å². The smallest absolute Gasteiger partial charge is 0.123 e. The SMILES string of the molecule is Fc1ccc(-c2ccc(N(c3ccc(-c4cccc5ccccc45)cc3)c3cccc4c3sc3ccccc34)cc2-c2ccccc2)cc1. The molecule has 0 aliphatic heterocycles. The third-order valence-electron chi connectivity index (χ3n) is 9.35. The highest BCUT2D eigenvalue weighted by Crippen LogP contribution is 2.46. The van der Waals surface area contributed by atoms with Crippen LogP contribution in [0.4, 0.5) is 21.5 Å². The molecule has 0 saturated heterocycles. The zero-order valence-corrected chi connectivity index (χ0v) is 27.4. The fourth-order valence-corrected chi connectivity index (χ4v) is 8.22. The van der Waals surface area contributed by atoms with E-state index >= 15 is 0 Å². The molecular weight excluding hydrogens is 618 g/mol. The lowest BCUT2D eigenvalue weighted by molar-refractivity contribution is 0.628. The van der Waals surface area contributed by atoms with E-state index in [1.165, 1.54) is 54.2 Å². The molecule has 0 aliphatic carbocycles. The first-order valence-corrected chi connectivity index (χ1v) is 17.3. The molecule has 1 aromatic heterocycles. The number of thiophene rings is 1. The molecule has 0 aliphatic rings. The first kappa shape index (κ1) is 29.1. The maximum atomic E-state index is 14.0. The Hall–Kier alpha value is -6.03. The second-order valence-electron chi connectivity index (χ2n) is 12.3. The molecule has 8 aromatic carbocycles. The molecule has 0 N–H and O–H groups in total. The first-order valence-electron chi connectivity index (χ1n) is 16.5. The summed E-state index contributed by atoms with van der Waals surface area (Å²) in [6.07, 6.45) is 0. The Morgan fingerprint density at radius 1 is 0.408 bits per heavy atom. The van der Waals surface area contributed by atoms with Crippen molar-refractivity contribution in [3.8, 4) is 33.4 Å². The third kappa shape index (κ3) is 5.25. The summed E-state index contributed by atoms with van der Waals surface area (Å²) in [5.41, 5.74) is 9.88. The topological polar surface area (TPSA) is 3.24 Å². The number of nitrogens with zero attached hydrogens (tertiary/aromatic N) is 1. The van der Waals surface area contributed by atoms with Crippen LogP contribution in [0.5, 0.6) is 0 Å². The van der Waals surface area contributed by atoms with Crippen LogP contribution in [0.25, 0.3) is 64.3 Å². The molecular formula is C46H30FNS. The highest BCUT2D eigenvalue weighted by atomic mass is 32.1. The van der Waals surface area contributed by atoms with Crippen LogP contribution < -0.4 is 4.90 Å². The number of rotatable bonds is 6. The molecule has 0 unspecified atom stereocenters. The van der Waals surface area contributed by atoms with Crippen molar-refractivity contribution in [1.82, 2.24) is 0 Å². The Kier molecular flexibility index (Phi) is 7.26. The minimum Gasteiger partial charge on any atom is -0.309 e. The van der Waals surface area contributed by atoms with Crippen molar-refractivity contribution in [3.63, 3.8) is 0 Å². The Bertz CT molecular complexity index is 2600. The van der Waals surface area contributed by atoms with E-state index in [2.05, 4.69) is 157 Å². The van der Waals surface area contributed by atoms with Gasteiger partial charge in [0.05, 0.1) is 10.4 Å². The minimum atomic E-state index is -0.240. The van der Waals surface area contributed by atoms with Gasteiger partial charge in [0.25, 0.3) is 0 Å². The lowest BCUT2D eigenvalue weighted by atomic mass is 9.93. The van der Waals surface area contributed by atoms with Crippen molar-refractivity contribution in [2.75, 3.05) is 4.90 Å². The maximum absolute atomic E-state index is 14.0. The van der Waals surface area contributed by atoms with E-state index in [9.17, 15) is 4.39 Å². The summed E-state index contributed by atoms with van der Waals surface area (Å²) in [7, 11) is 0. The molecule has 0 radical (unpaired) electrons.